The molecular formula is C19H30N2O2. The number of aliphatic hydroxyl groups is 1. The van der Waals surface area contributed by atoms with Crippen molar-refractivity contribution in [2.45, 2.75) is 44.8 Å². The quantitative estimate of drug-likeness (QED) is 0.874. The lowest BCUT2D eigenvalue weighted by atomic mass is 10.0. The molecule has 0 amide bonds. The summed E-state index contributed by atoms with van der Waals surface area (Å²) in [6.07, 6.45) is 4.78. The predicted molar refractivity (Wildman–Crippen MR) is 92.7 cm³/mol. The number of hydrogen-bond donors (Lipinski definition) is 1. The second-order valence-corrected chi connectivity index (χ2v) is 7.06. The van der Waals surface area contributed by atoms with Gasteiger partial charge in [0, 0.05) is 31.7 Å². The third-order valence-electron chi connectivity index (χ3n) is 5.04. The Kier molecular flexibility index (Phi) is 5.57. The fourth-order valence-electron chi connectivity index (χ4n) is 3.91. The fourth-order valence-corrected chi connectivity index (χ4v) is 3.91. The van der Waals surface area contributed by atoms with E-state index in [0.717, 1.165) is 51.4 Å². The van der Waals surface area contributed by atoms with E-state index in [0.29, 0.717) is 6.61 Å². The number of hydrogen-bond acceptors (Lipinski definition) is 4. The molecule has 0 saturated carbocycles. The van der Waals surface area contributed by atoms with Crippen LogP contribution in [0.3, 0.4) is 0 Å². The SMILES string of the molecule is CCOc1ccccc1CN1CC[C@@](O)(CN2CCCCC2)C1. The Bertz CT molecular complexity index is 502. The molecule has 128 valence electrons. The van der Waals surface area contributed by atoms with Crippen LogP contribution in [0.1, 0.15) is 38.2 Å². The Balaban J connectivity index is 1.57. The van der Waals surface area contributed by atoms with Crippen LogP contribution in [0.5, 0.6) is 5.75 Å². The topological polar surface area (TPSA) is 35.9 Å². The van der Waals surface area contributed by atoms with E-state index in [1.54, 1.807) is 0 Å². The number of β-amino-alcohol motifs (C(OH)–C–C–N with tert-alkyl or cyclic N) is 1. The lowest BCUT2D eigenvalue weighted by molar-refractivity contribution is 0.00629. The highest BCUT2D eigenvalue weighted by Gasteiger charge is 2.37. The smallest absolute Gasteiger partial charge is 0.123 e. The maximum Gasteiger partial charge on any atom is 0.123 e. The van der Waals surface area contributed by atoms with Gasteiger partial charge in [-0.15, -0.1) is 0 Å². The fraction of sp³-hybridized carbons (Fsp3) is 0.684. The van der Waals surface area contributed by atoms with E-state index in [2.05, 4.69) is 21.9 Å². The summed E-state index contributed by atoms with van der Waals surface area (Å²) in [7, 11) is 0. The van der Waals surface area contributed by atoms with Crippen LogP contribution in [0.25, 0.3) is 0 Å². The lowest BCUT2D eigenvalue weighted by Gasteiger charge is -2.33. The number of ether oxygens (including phenoxy) is 1. The van der Waals surface area contributed by atoms with E-state index in [1.165, 1.54) is 24.8 Å². The highest BCUT2D eigenvalue weighted by molar-refractivity contribution is 5.33. The summed E-state index contributed by atoms with van der Waals surface area (Å²) in [5, 5.41) is 11.0. The summed E-state index contributed by atoms with van der Waals surface area (Å²) in [6, 6.07) is 8.25. The zero-order valence-corrected chi connectivity index (χ0v) is 14.3. The van der Waals surface area contributed by atoms with E-state index in [-0.39, 0.29) is 0 Å². The van der Waals surface area contributed by atoms with E-state index < -0.39 is 5.60 Å². The van der Waals surface area contributed by atoms with Crippen molar-refractivity contribution in [3.63, 3.8) is 0 Å². The Labute approximate surface area is 140 Å². The molecule has 0 aromatic heterocycles. The zero-order valence-electron chi connectivity index (χ0n) is 14.3. The third-order valence-corrected chi connectivity index (χ3v) is 5.04. The first-order valence-electron chi connectivity index (χ1n) is 9.06. The second kappa shape index (κ2) is 7.65. The molecule has 1 aromatic rings. The number of likely N-dealkylation sites (tertiary alicyclic amines) is 2. The van der Waals surface area contributed by atoms with Crippen LogP contribution in [0, 0.1) is 0 Å². The molecule has 0 aliphatic carbocycles. The monoisotopic (exact) mass is 318 g/mol. The standard InChI is InChI=1S/C19H30N2O2/c1-2-23-18-9-5-4-8-17(18)14-21-13-10-19(22,16-21)15-20-11-6-3-7-12-20/h4-5,8-9,22H,2-3,6-7,10-16H2,1H3/t19-/m1/s1. The maximum atomic E-state index is 11.0. The summed E-state index contributed by atoms with van der Waals surface area (Å²) < 4.78 is 5.72. The van der Waals surface area contributed by atoms with Crippen LogP contribution < -0.4 is 4.74 Å². The van der Waals surface area contributed by atoms with Gasteiger partial charge >= 0.3 is 0 Å². The first-order chi connectivity index (χ1) is 11.2. The van der Waals surface area contributed by atoms with Gasteiger partial charge in [0.15, 0.2) is 0 Å². The van der Waals surface area contributed by atoms with Crippen LogP contribution in [-0.4, -0.2) is 59.8 Å². The molecule has 0 bridgehead atoms. The Morgan fingerprint density at radius 1 is 1.09 bits per heavy atom. The molecule has 2 saturated heterocycles. The van der Waals surface area contributed by atoms with Gasteiger partial charge < -0.3 is 14.7 Å². The van der Waals surface area contributed by atoms with Crippen molar-refractivity contribution in [2.24, 2.45) is 0 Å². The van der Waals surface area contributed by atoms with Gasteiger partial charge in [0.05, 0.1) is 12.2 Å². The molecule has 2 aliphatic heterocycles. The molecule has 1 atom stereocenters. The van der Waals surface area contributed by atoms with Gasteiger partial charge in [-0.05, 0) is 45.3 Å². The molecular weight excluding hydrogens is 288 g/mol. The number of nitrogens with zero attached hydrogens (tertiary/aromatic N) is 2. The molecule has 4 heteroatoms. The van der Waals surface area contributed by atoms with Gasteiger partial charge in [-0.1, -0.05) is 24.6 Å². The first kappa shape index (κ1) is 16.7. The van der Waals surface area contributed by atoms with Crippen LogP contribution in [-0.2, 0) is 6.54 Å². The average Bonchev–Trinajstić information content (AvgIpc) is 2.91. The molecule has 3 rings (SSSR count). The lowest BCUT2D eigenvalue weighted by Crippen LogP contribution is -2.46. The van der Waals surface area contributed by atoms with E-state index in [1.807, 2.05) is 19.1 Å². The average molecular weight is 318 g/mol. The minimum atomic E-state index is -0.544. The number of rotatable bonds is 6. The van der Waals surface area contributed by atoms with Crippen LogP contribution in [0.4, 0.5) is 0 Å². The Morgan fingerprint density at radius 3 is 2.65 bits per heavy atom. The second-order valence-electron chi connectivity index (χ2n) is 7.06. The highest BCUT2D eigenvalue weighted by Crippen LogP contribution is 2.27. The van der Waals surface area contributed by atoms with Gasteiger partial charge in [-0.3, -0.25) is 4.90 Å². The molecule has 0 unspecified atom stereocenters. The molecule has 2 fully saturated rings. The van der Waals surface area contributed by atoms with Gasteiger partial charge in [-0.25, -0.2) is 0 Å². The molecule has 1 N–H and O–H groups in total. The highest BCUT2D eigenvalue weighted by atomic mass is 16.5. The summed E-state index contributed by atoms with van der Waals surface area (Å²) in [5.41, 5.74) is 0.675. The molecule has 4 nitrogen and oxygen atoms in total. The molecule has 2 aliphatic rings. The summed E-state index contributed by atoms with van der Waals surface area (Å²) in [6.45, 7) is 8.43. The first-order valence-corrected chi connectivity index (χ1v) is 9.06. The van der Waals surface area contributed by atoms with Crippen molar-refractivity contribution >= 4 is 0 Å². The normalized spacial score (nSPS) is 26.5. The maximum absolute atomic E-state index is 11.0. The zero-order chi connectivity index (χ0) is 16.1. The van der Waals surface area contributed by atoms with Crippen molar-refractivity contribution in [1.29, 1.82) is 0 Å². The van der Waals surface area contributed by atoms with Crippen molar-refractivity contribution < 1.29 is 9.84 Å². The van der Waals surface area contributed by atoms with Crippen molar-refractivity contribution in [2.75, 3.05) is 39.3 Å². The molecule has 2 heterocycles. The molecule has 0 radical (unpaired) electrons. The number of piperidine rings is 1. The van der Waals surface area contributed by atoms with Crippen molar-refractivity contribution in [3.8, 4) is 5.75 Å². The van der Waals surface area contributed by atoms with Gasteiger partial charge in [0.25, 0.3) is 0 Å². The van der Waals surface area contributed by atoms with Crippen molar-refractivity contribution in [1.82, 2.24) is 9.80 Å². The van der Waals surface area contributed by atoms with E-state index in [9.17, 15) is 5.11 Å². The van der Waals surface area contributed by atoms with E-state index in [4.69, 9.17) is 4.74 Å². The number of benzene rings is 1. The van der Waals surface area contributed by atoms with Crippen LogP contribution >= 0.6 is 0 Å². The van der Waals surface area contributed by atoms with Gasteiger partial charge in [-0.2, -0.15) is 0 Å². The van der Waals surface area contributed by atoms with E-state index >= 15 is 0 Å². The van der Waals surface area contributed by atoms with Gasteiger partial charge in [0.2, 0.25) is 0 Å². The van der Waals surface area contributed by atoms with Crippen LogP contribution in [0.15, 0.2) is 24.3 Å². The molecule has 23 heavy (non-hydrogen) atoms. The van der Waals surface area contributed by atoms with Crippen molar-refractivity contribution in [3.05, 3.63) is 29.8 Å². The van der Waals surface area contributed by atoms with Gasteiger partial charge in [0.1, 0.15) is 5.75 Å². The number of para-hydroxylation sites is 1. The summed E-state index contributed by atoms with van der Waals surface area (Å²) in [5.74, 6) is 0.974. The minimum absolute atomic E-state index is 0.544. The summed E-state index contributed by atoms with van der Waals surface area (Å²) in [4.78, 5) is 4.81. The largest absolute Gasteiger partial charge is 0.494 e. The Hall–Kier alpha value is -1.10. The summed E-state index contributed by atoms with van der Waals surface area (Å²) >= 11 is 0. The molecule has 0 spiro atoms. The Morgan fingerprint density at radius 2 is 1.87 bits per heavy atom. The molecule has 1 aromatic carbocycles. The predicted octanol–water partition coefficient (Wildman–Crippen LogP) is 2.51. The third kappa shape index (κ3) is 4.46. The minimum Gasteiger partial charge on any atom is -0.494 e. The van der Waals surface area contributed by atoms with Crippen LogP contribution in [0.2, 0.25) is 0 Å².